The van der Waals surface area contributed by atoms with Crippen molar-refractivity contribution in [2.24, 2.45) is 11.1 Å². The third kappa shape index (κ3) is 7.29. The van der Waals surface area contributed by atoms with Crippen LogP contribution in [-0.2, 0) is 23.9 Å². The lowest BCUT2D eigenvalue weighted by atomic mass is 9.98. The number of carbonyl (C=O) groups excluding carboxylic acids is 3. The summed E-state index contributed by atoms with van der Waals surface area (Å²) in [4.78, 5) is 33.0. The van der Waals surface area contributed by atoms with Crippen LogP contribution >= 0.6 is 0 Å². The van der Waals surface area contributed by atoms with Gasteiger partial charge in [0.05, 0.1) is 12.0 Å². The zero-order chi connectivity index (χ0) is 13.5. The number of rotatable bonds is 5. The second kappa shape index (κ2) is 6.85. The van der Waals surface area contributed by atoms with Gasteiger partial charge in [0.1, 0.15) is 6.54 Å². The van der Waals surface area contributed by atoms with E-state index in [0.717, 1.165) is 0 Å². The Morgan fingerprint density at radius 3 is 2.24 bits per heavy atom. The zero-order valence-corrected chi connectivity index (χ0v) is 10.2. The van der Waals surface area contributed by atoms with Crippen LogP contribution in [0.3, 0.4) is 0 Å². The molecule has 0 rings (SSSR count). The number of nitrogens with two attached hydrogens (primary N) is 1. The highest BCUT2D eigenvalue weighted by Gasteiger charge is 2.23. The van der Waals surface area contributed by atoms with E-state index in [0.29, 0.717) is 0 Å². The van der Waals surface area contributed by atoms with E-state index in [1.165, 1.54) is 0 Å². The molecular weight excluding hydrogens is 228 g/mol. The van der Waals surface area contributed by atoms with Crippen LogP contribution in [0, 0.1) is 5.41 Å². The second-order valence-electron chi connectivity index (χ2n) is 4.30. The van der Waals surface area contributed by atoms with Crippen molar-refractivity contribution in [1.29, 1.82) is 0 Å². The lowest BCUT2D eigenvalue weighted by Gasteiger charge is -2.16. The lowest BCUT2D eigenvalue weighted by molar-refractivity contribution is -0.172. The number of hydrogen-bond donors (Lipinski definition) is 2. The number of amides is 1. The van der Waals surface area contributed by atoms with Crippen molar-refractivity contribution in [3.05, 3.63) is 0 Å². The van der Waals surface area contributed by atoms with E-state index >= 15 is 0 Å². The minimum atomic E-state index is -0.700. The molecule has 1 amide bonds. The summed E-state index contributed by atoms with van der Waals surface area (Å²) in [7, 11) is 0. The summed E-state index contributed by atoms with van der Waals surface area (Å²) in [5, 5.41) is 2.22. The summed E-state index contributed by atoms with van der Waals surface area (Å²) in [5.74, 6) is -1.64. The van der Waals surface area contributed by atoms with E-state index < -0.39 is 30.1 Å². The van der Waals surface area contributed by atoms with E-state index in [2.05, 4.69) is 10.1 Å². The molecule has 17 heavy (non-hydrogen) atoms. The van der Waals surface area contributed by atoms with Gasteiger partial charge in [-0.05, 0) is 20.8 Å². The van der Waals surface area contributed by atoms with Crippen LogP contribution in [0.15, 0.2) is 0 Å². The van der Waals surface area contributed by atoms with Crippen molar-refractivity contribution in [3.63, 3.8) is 0 Å². The molecule has 7 nitrogen and oxygen atoms in total. The van der Waals surface area contributed by atoms with Crippen LogP contribution in [0.4, 0.5) is 0 Å². The van der Waals surface area contributed by atoms with E-state index in [4.69, 9.17) is 10.5 Å². The second-order valence-corrected chi connectivity index (χ2v) is 4.30. The molecule has 0 aromatic carbocycles. The molecular formula is C10H18N2O5. The van der Waals surface area contributed by atoms with E-state index in [-0.39, 0.29) is 13.1 Å². The zero-order valence-electron chi connectivity index (χ0n) is 10.2. The summed E-state index contributed by atoms with van der Waals surface area (Å²) < 4.78 is 9.26. The smallest absolute Gasteiger partial charge is 0.328 e. The van der Waals surface area contributed by atoms with Gasteiger partial charge in [-0.1, -0.05) is 0 Å². The van der Waals surface area contributed by atoms with Crippen molar-refractivity contribution < 1.29 is 23.9 Å². The van der Waals surface area contributed by atoms with Gasteiger partial charge in [-0.3, -0.25) is 14.4 Å². The Morgan fingerprint density at radius 1 is 1.18 bits per heavy atom. The Bertz CT molecular complexity index is 296. The molecule has 0 fully saturated rings. The van der Waals surface area contributed by atoms with Gasteiger partial charge in [-0.2, -0.15) is 0 Å². The molecule has 0 aromatic rings. The highest BCUT2D eigenvalue weighted by molar-refractivity contribution is 5.83. The van der Waals surface area contributed by atoms with Crippen molar-refractivity contribution in [1.82, 2.24) is 5.32 Å². The van der Waals surface area contributed by atoms with Gasteiger partial charge in [0.15, 0.2) is 0 Å². The van der Waals surface area contributed by atoms with Crippen LogP contribution in [0.2, 0.25) is 0 Å². The third-order valence-corrected chi connectivity index (χ3v) is 1.64. The first-order chi connectivity index (χ1) is 7.77. The highest BCUT2D eigenvalue weighted by Crippen LogP contribution is 2.14. The Balaban J connectivity index is 3.72. The first kappa shape index (κ1) is 15.4. The average molecular weight is 246 g/mol. The molecule has 0 saturated heterocycles. The monoisotopic (exact) mass is 246 g/mol. The standard InChI is InChI=1S/C10H18N2O5/c1-10(2,3)9(15)17-6-16-8(14)5-12-7(13)4-11/h4-6,11H2,1-3H3,(H,12,13). The molecule has 0 aliphatic heterocycles. The molecule has 0 aliphatic rings. The summed E-state index contributed by atoms with van der Waals surface area (Å²) in [5.41, 5.74) is 4.36. The summed E-state index contributed by atoms with van der Waals surface area (Å²) >= 11 is 0. The van der Waals surface area contributed by atoms with Crippen molar-refractivity contribution in [3.8, 4) is 0 Å². The first-order valence-electron chi connectivity index (χ1n) is 5.07. The Hall–Kier alpha value is -1.63. The number of hydrogen-bond acceptors (Lipinski definition) is 6. The fraction of sp³-hybridized carbons (Fsp3) is 0.700. The number of ether oxygens (including phenoxy) is 2. The summed E-state index contributed by atoms with van der Waals surface area (Å²) in [6.07, 6.45) is 0. The van der Waals surface area contributed by atoms with Gasteiger partial charge in [-0.15, -0.1) is 0 Å². The molecule has 3 N–H and O–H groups in total. The molecule has 0 heterocycles. The molecule has 0 aliphatic carbocycles. The third-order valence-electron chi connectivity index (χ3n) is 1.64. The SMILES string of the molecule is CC(C)(C)C(=O)OCOC(=O)CNC(=O)CN. The van der Waals surface area contributed by atoms with E-state index in [9.17, 15) is 14.4 Å². The van der Waals surface area contributed by atoms with Crippen LogP contribution in [0.1, 0.15) is 20.8 Å². The van der Waals surface area contributed by atoms with Crippen LogP contribution in [0.25, 0.3) is 0 Å². The van der Waals surface area contributed by atoms with Gasteiger partial charge in [0, 0.05) is 0 Å². The van der Waals surface area contributed by atoms with E-state index in [1.807, 2.05) is 0 Å². The maximum Gasteiger partial charge on any atom is 0.328 e. The van der Waals surface area contributed by atoms with Gasteiger partial charge in [0.25, 0.3) is 0 Å². The Labute approximate surface area is 99.6 Å². The quantitative estimate of drug-likeness (QED) is 0.483. The Kier molecular flexibility index (Phi) is 6.19. The molecule has 0 atom stereocenters. The van der Waals surface area contributed by atoms with Crippen molar-refractivity contribution in [2.45, 2.75) is 20.8 Å². The molecule has 0 radical (unpaired) electrons. The molecule has 0 unspecified atom stereocenters. The van der Waals surface area contributed by atoms with Crippen molar-refractivity contribution >= 4 is 17.8 Å². The van der Waals surface area contributed by atoms with Crippen LogP contribution < -0.4 is 11.1 Å². The average Bonchev–Trinajstić information content (AvgIpc) is 2.24. The van der Waals surface area contributed by atoms with Gasteiger partial charge >= 0.3 is 11.9 Å². The predicted octanol–water partition coefficient (Wildman–Crippen LogP) is -0.849. The minimum absolute atomic E-state index is 0.202. The van der Waals surface area contributed by atoms with E-state index in [1.54, 1.807) is 20.8 Å². The normalized spacial score (nSPS) is 10.6. The topological polar surface area (TPSA) is 108 Å². The van der Waals surface area contributed by atoms with Gasteiger partial charge in [0.2, 0.25) is 12.7 Å². The molecule has 0 saturated carbocycles. The predicted molar refractivity (Wildman–Crippen MR) is 58.6 cm³/mol. The van der Waals surface area contributed by atoms with Crippen molar-refractivity contribution in [2.75, 3.05) is 19.9 Å². The summed E-state index contributed by atoms with van der Waals surface area (Å²) in [6.45, 7) is 4.07. The largest absolute Gasteiger partial charge is 0.427 e. The molecule has 0 spiro atoms. The highest BCUT2D eigenvalue weighted by atomic mass is 16.7. The minimum Gasteiger partial charge on any atom is -0.427 e. The van der Waals surface area contributed by atoms with Crippen LogP contribution in [0.5, 0.6) is 0 Å². The van der Waals surface area contributed by atoms with Crippen LogP contribution in [-0.4, -0.2) is 37.7 Å². The molecule has 98 valence electrons. The molecule has 0 aromatic heterocycles. The maximum atomic E-state index is 11.3. The fourth-order valence-corrected chi connectivity index (χ4v) is 0.659. The maximum absolute atomic E-state index is 11.3. The first-order valence-corrected chi connectivity index (χ1v) is 5.07. The summed E-state index contributed by atoms with van der Waals surface area (Å²) in [6, 6.07) is 0. The molecule has 0 bridgehead atoms. The van der Waals surface area contributed by atoms with Gasteiger partial charge in [-0.25, -0.2) is 0 Å². The number of nitrogens with one attached hydrogen (secondary N) is 1. The number of carbonyl (C=O) groups is 3. The Morgan fingerprint density at radius 2 is 1.76 bits per heavy atom. The lowest BCUT2D eigenvalue weighted by Crippen LogP contribution is -2.35. The fourth-order valence-electron chi connectivity index (χ4n) is 0.659. The number of esters is 2. The van der Waals surface area contributed by atoms with Gasteiger partial charge < -0.3 is 20.5 Å². The molecule has 7 heteroatoms.